The summed E-state index contributed by atoms with van der Waals surface area (Å²) in [5.74, 6) is 0.509. The van der Waals surface area contributed by atoms with Gasteiger partial charge in [-0.2, -0.15) is 0 Å². The average molecular weight is 271 g/mol. The van der Waals surface area contributed by atoms with E-state index in [-0.39, 0.29) is 5.41 Å². The Morgan fingerprint density at radius 1 is 1.67 bits per heavy atom. The highest BCUT2D eigenvalue weighted by atomic mass is 35.5. The lowest BCUT2D eigenvalue weighted by Gasteiger charge is -2.23. The number of hydrogen-bond donors (Lipinski definition) is 1. The molecule has 1 aliphatic heterocycles. The Labute approximate surface area is 110 Å². The Bertz CT molecular complexity index is 437. The number of pyridine rings is 1. The van der Waals surface area contributed by atoms with Crippen LogP contribution in [0.3, 0.4) is 0 Å². The fourth-order valence-electron chi connectivity index (χ4n) is 2.00. The summed E-state index contributed by atoms with van der Waals surface area (Å²) in [7, 11) is 0. The number of halogens is 1. The molecule has 1 aliphatic rings. The van der Waals surface area contributed by atoms with Crippen molar-refractivity contribution in [1.29, 1.82) is 0 Å². The van der Waals surface area contributed by atoms with E-state index in [1.165, 1.54) is 11.1 Å². The van der Waals surface area contributed by atoms with Crippen LogP contribution in [0.15, 0.2) is 18.3 Å². The fourth-order valence-corrected chi connectivity index (χ4v) is 2.11. The van der Waals surface area contributed by atoms with Crippen LogP contribution in [0, 0.1) is 5.41 Å². The second-order valence-corrected chi connectivity index (χ2v) is 5.30. The van der Waals surface area contributed by atoms with Crippen molar-refractivity contribution in [3.05, 3.63) is 23.4 Å². The number of likely N-dealkylation sites (tertiary alicyclic amines) is 1. The molecule has 1 N–H and O–H groups in total. The summed E-state index contributed by atoms with van der Waals surface area (Å²) in [6.07, 6.45) is 1.45. The van der Waals surface area contributed by atoms with Crippen LogP contribution in [0.5, 0.6) is 5.88 Å². The highest BCUT2D eigenvalue weighted by Crippen LogP contribution is 2.30. The molecule has 18 heavy (non-hydrogen) atoms. The van der Waals surface area contributed by atoms with Gasteiger partial charge in [0.2, 0.25) is 5.88 Å². The van der Waals surface area contributed by atoms with E-state index in [1.807, 2.05) is 6.92 Å². The van der Waals surface area contributed by atoms with Crippen molar-refractivity contribution in [2.45, 2.75) is 13.3 Å². The predicted octanol–water partition coefficient (Wildman–Crippen LogP) is 2.50. The molecule has 98 valence electrons. The number of carboxylic acid groups (broad SMARTS) is 1. The number of aromatic nitrogens is 1. The highest BCUT2D eigenvalue weighted by Gasteiger charge is 2.36. The Balaban J connectivity index is 1.90. The van der Waals surface area contributed by atoms with Crippen LogP contribution in [0.4, 0.5) is 4.79 Å². The normalized spacial score (nSPS) is 23.1. The van der Waals surface area contributed by atoms with Crippen molar-refractivity contribution in [2.24, 2.45) is 5.41 Å². The van der Waals surface area contributed by atoms with E-state index >= 15 is 0 Å². The van der Waals surface area contributed by atoms with E-state index in [0.29, 0.717) is 30.6 Å². The molecule has 6 heteroatoms. The van der Waals surface area contributed by atoms with Gasteiger partial charge in [0.25, 0.3) is 0 Å². The van der Waals surface area contributed by atoms with E-state index < -0.39 is 6.09 Å². The first-order valence-corrected chi connectivity index (χ1v) is 6.09. The third kappa shape index (κ3) is 3.04. The van der Waals surface area contributed by atoms with Crippen LogP contribution < -0.4 is 4.74 Å². The molecule has 0 aliphatic carbocycles. The van der Waals surface area contributed by atoms with Crippen LogP contribution in [-0.4, -0.2) is 40.8 Å². The fraction of sp³-hybridized carbons (Fsp3) is 0.500. The van der Waals surface area contributed by atoms with Crippen molar-refractivity contribution in [3.63, 3.8) is 0 Å². The van der Waals surface area contributed by atoms with Crippen LogP contribution >= 0.6 is 11.6 Å². The molecule has 1 aromatic heterocycles. The molecule has 0 unspecified atom stereocenters. The molecule has 0 saturated carbocycles. The number of ether oxygens (including phenoxy) is 1. The Kier molecular flexibility index (Phi) is 3.61. The SMILES string of the molecule is C[C@@]1(COc2ccc(Cl)cn2)CCN(C(=O)O)C1. The molecule has 2 heterocycles. The number of nitrogens with zero attached hydrogens (tertiary/aromatic N) is 2. The van der Waals surface area contributed by atoms with Crippen molar-refractivity contribution >= 4 is 17.7 Å². The van der Waals surface area contributed by atoms with E-state index in [0.717, 1.165) is 6.42 Å². The molecule has 0 spiro atoms. The number of amides is 1. The first kappa shape index (κ1) is 13.0. The summed E-state index contributed by atoms with van der Waals surface area (Å²) in [5, 5.41) is 9.48. The third-order valence-electron chi connectivity index (χ3n) is 3.10. The average Bonchev–Trinajstić information content (AvgIpc) is 2.72. The summed E-state index contributed by atoms with van der Waals surface area (Å²) >= 11 is 5.73. The summed E-state index contributed by atoms with van der Waals surface area (Å²) in [5.41, 5.74) is -0.153. The topological polar surface area (TPSA) is 62.7 Å². The maximum atomic E-state index is 10.9. The van der Waals surface area contributed by atoms with E-state index in [9.17, 15) is 4.79 Å². The smallest absolute Gasteiger partial charge is 0.407 e. The Morgan fingerprint density at radius 2 is 2.44 bits per heavy atom. The van der Waals surface area contributed by atoms with Gasteiger partial charge in [-0.05, 0) is 12.5 Å². The molecule has 1 atom stereocenters. The molecule has 0 radical (unpaired) electrons. The van der Waals surface area contributed by atoms with E-state index in [1.54, 1.807) is 12.1 Å². The van der Waals surface area contributed by atoms with Crippen LogP contribution in [0.25, 0.3) is 0 Å². The molecule has 0 bridgehead atoms. The first-order chi connectivity index (χ1) is 8.48. The van der Waals surface area contributed by atoms with E-state index in [2.05, 4.69) is 4.98 Å². The van der Waals surface area contributed by atoms with Crippen LogP contribution in [-0.2, 0) is 0 Å². The quantitative estimate of drug-likeness (QED) is 0.917. The van der Waals surface area contributed by atoms with Crippen LogP contribution in [0.1, 0.15) is 13.3 Å². The number of rotatable bonds is 3. The summed E-state index contributed by atoms with van der Waals surface area (Å²) in [6.45, 7) is 3.52. The second kappa shape index (κ2) is 5.02. The van der Waals surface area contributed by atoms with Gasteiger partial charge in [-0.1, -0.05) is 18.5 Å². The van der Waals surface area contributed by atoms with Crippen molar-refractivity contribution < 1.29 is 14.6 Å². The minimum Gasteiger partial charge on any atom is -0.477 e. The Morgan fingerprint density at radius 3 is 3.00 bits per heavy atom. The van der Waals surface area contributed by atoms with E-state index in [4.69, 9.17) is 21.4 Å². The van der Waals surface area contributed by atoms with Gasteiger partial charge in [-0.15, -0.1) is 0 Å². The first-order valence-electron chi connectivity index (χ1n) is 5.71. The third-order valence-corrected chi connectivity index (χ3v) is 3.32. The molecule has 2 rings (SSSR count). The van der Waals surface area contributed by atoms with Crippen molar-refractivity contribution in [1.82, 2.24) is 9.88 Å². The minimum absolute atomic E-state index is 0.153. The standard InChI is InChI=1S/C12H15ClN2O3/c1-12(4-5-15(7-12)11(16)17)8-18-10-3-2-9(13)6-14-10/h2-3,6H,4-5,7-8H2,1H3,(H,16,17)/t12-/m1/s1. The zero-order valence-corrected chi connectivity index (χ0v) is 10.9. The maximum absolute atomic E-state index is 10.9. The summed E-state index contributed by atoms with van der Waals surface area (Å²) < 4.78 is 5.59. The molecule has 1 fully saturated rings. The monoisotopic (exact) mass is 270 g/mol. The van der Waals surface area contributed by atoms with Gasteiger partial charge in [-0.3, -0.25) is 0 Å². The second-order valence-electron chi connectivity index (χ2n) is 4.87. The highest BCUT2D eigenvalue weighted by molar-refractivity contribution is 6.30. The minimum atomic E-state index is -0.872. The molecule has 5 nitrogen and oxygen atoms in total. The van der Waals surface area contributed by atoms with Gasteiger partial charge in [-0.25, -0.2) is 9.78 Å². The lowest BCUT2D eigenvalue weighted by Crippen LogP contribution is -2.32. The maximum Gasteiger partial charge on any atom is 0.407 e. The predicted molar refractivity (Wildman–Crippen MR) is 67.1 cm³/mol. The zero-order chi connectivity index (χ0) is 13.2. The summed E-state index contributed by atoms with van der Waals surface area (Å²) in [4.78, 5) is 16.3. The van der Waals surface area contributed by atoms with Gasteiger partial charge < -0.3 is 14.7 Å². The lowest BCUT2D eigenvalue weighted by atomic mass is 9.91. The molecular formula is C12H15ClN2O3. The summed E-state index contributed by atoms with van der Waals surface area (Å²) in [6, 6.07) is 3.42. The van der Waals surface area contributed by atoms with Crippen LogP contribution in [0.2, 0.25) is 5.02 Å². The van der Waals surface area contributed by atoms with Crippen molar-refractivity contribution in [2.75, 3.05) is 19.7 Å². The van der Waals surface area contributed by atoms with Gasteiger partial charge >= 0.3 is 6.09 Å². The van der Waals surface area contributed by atoms with Gasteiger partial charge in [0, 0.05) is 30.8 Å². The molecule has 1 aromatic rings. The Hall–Kier alpha value is -1.49. The zero-order valence-electron chi connectivity index (χ0n) is 10.1. The largest absolute Gasteiger partial charge is 0.477 e. The molecule has 1 saturated heterocycles. The molecular weight excluding hydrogens is 256 g/mol. The molecule has 1 amide bonds. The lowest BCUT2D eigenvalue weighted by molar-refractivity contribution is 0.135. The number of carbonyl (C=O) groups is 1. The number of hydrogen-bond acceptors (Lipinski definition) is 3. The molecule has 0 aromatic carbocycles. The van der Waals surface area contributed by atoms with Gasteiger partial charge in [0.1, 0.15) is 0 Å². The van der Waals surface area contributed by atoms with Gasteiger partial charge in [0.15, 0.2) is 0 Å². The van der Waals surface area contributed by atoms with Crippen molar-refractivity contribution in [3.8, 4) is 5.88 Å². The van der Waals surface area contributed by atoms with Gasteiger partial charge in [0.05, 0.1) is 11.6 Å².